The van der Waals surface area contributed by atoms with Gasteiger partial charge in [-0.2, -0.15) is 0 Å². The summed E-state index contributed by atoms with van der Waals surface area (Å²) >= 11 is 1.51. The number of non-ortho nitro benzene ring substituents is 1. The van der Waals surface area contributed by atoms with Gasteiger partial charge in [0.05, 0.1) is 11.0 Å². The maximum Gasteiger partial charge on any atom is 0.269 e. The Labute approximate surface area is 226 Å². The second kappa shape index (κ2) is 11.2. The van der Waals surface area contributed by atoms with E-state index in [1.165, 1.54) is 29.5 Å². The van der Waals surface area contributed by atoms with Crippen molar-refractivity contribution < 1.29 is 9.72 Å². The minimum absolute atomic E-state index is 0.00241. The number of rotatable bonds is 8. The predicted molar refractivity (Wildman–Crippen MR) is 150 cm³/mol. The summed E-state index contributed by atoms with van der Waals surface area (Å²) in [5, 5.41) is 23.7. The summed E-state index contributed by atoms with van der Waals surface area (Å²) in [7, 11) is 0. The van der Waals surface area contributed by atoms with E-state index in [2.05, 4.69) is 48.4 Å². The zero-order chi connectivity index (χ0) is 27.4. The van der Waals surface area contributed by atoms with Crippen LogP contribution in [0, 0.1) is 17.0 Å². The third-order valence-corrected chi connectivity index (χ3v) is 7.18. The van der Waals surface area contributed by atoms with Crippen LogP contribution in [0.25, 0.3) is 5.69 Å². The number of aromatic nitrogens is 3. The number of thioether (sulfide) groups is 1. The molecule has 1 heterocycles. The lowest BCUT2D eigenvalue weighted by molar-refractivity contribution is -0.384. The molecular weight excluding hydrogens is 498 g/mol. The lowest BCUT2D eigenvalue weighted by Crippen LogP contribution is -2.28. The minimum atomic E-state index is -0.471. The largest absolute Gasteiger partial charge is 0.342 e. The fraction of sp³-hybridized carbons (Fsp3) is 0.276. The Hall–Kier alpha value is -3.98. The van der Waals surface area contributed by atoms with E-state index >= 15 is 0 Å². The lowest BCUT2D eigenvalue weighted by atomic mass is 9.86. The highest BCUT2D eigenvalue weighted by Gasteiger charge is 2.23. The minimum Gasteiger partial charge on any atom is -0.342 e. The van der Waals surface area contributed by atoms with Crippen molar-refractivity contribution in [3.8, 4) is 5.69 Å². The number of hydrogen-bond acceptors (Lipinski definition) is 6. The molecule has 0 aliphatic heterocycles. The molecule has 0 radical (unpaired) electrons. The van der Waals surface area contributed by atoms with Crippen LogP contribution < -0.4 is 5.32 Å². The number of nitro groups is 1. The third-order valence-electron chi connectivity index (χ3n) is 6.18. The summed E-state index contributed by atoms with van der Waals surface area (Å²) in [6.07, 6.45) is 0. The normalized spacial score (nSPS) is 12.2. The third kappa shape index (κ3) is 6.28. The Kier molecular flexibility index (Phi) is 7.97. The molecule has 1 atom stereocenters. The molecule has 0 aliphatic carbocycles. The number of nitro benzene ring substituents is 1. The van der Waals surface area contributed by atoms with Crippen LogP contribution in [-0.2, 0) is 11.2 Å². The molecule has 0 saturated heterocycles. The van der Waals surface area contributed by atoms with Gasteiger partial charge in [0.25, 0.3) is 11.6 Å². The smallest absolute Gasteiger partial charge is 0.269 e. The van der Waals surface area contributed by atoms with E-state index in [1.54, 1.807) is 12.1 Å². The Balaban J connectivity index is 1.61. The number of nitrogens with zero attached hydrogens (tertiary/aromatic N) is 4. The summed E-state index contributed by atoms with van der Waals surface area (Å²) in [6.45, 7) is 10.3. The van der Waals surface area contributed by atoms with Gasteiger partial charge < -0.3 is 5.32 Å². The molecule has 8 nitrogen and oxygen atoms in total. The number of hydrogen-bond donors (Lipinski definition) is 1. The number of nitrogens with one attached hydrogen (secondary N) is 1. The second-order valence-electron chi connectivity index (χ2n) is 10.2. The second-order valence-corrected chi connectivity index (χ2v) is 11.2. The van der Waals surface area contributed by atoms with Gasteiger partial charge in [0.15, 0.2) is 11.0 Å². The van der Waals surface area contributed by atoms with Crippen LogP contribution in [0.5, 0.6) is 0 Å². The average molecular weight is 530 g/mol. The maximum absolute atomic E-state index is 13.1. The summed E-state index contributed by atoms with van der Waals surface area (Å²) in [4.78, 5) is 23.8. The molecule has 0 aliphatic rings. The van der Waals surface area contributed by atoms with Crippen LogP contribution in [0.15, 0.2) is 78.0 Å². The Bertz CT molecular complexity index is 1440. The topological polar surface area (TPSA) is 103 Å². The van der Waals surface area contributed by atoms with Crippen molar-refractivity contribution in [3.05, 3.63) is 111 Å². The zero-order valence-electron chi connectivity index (χ0n) is 22.1. The van der Waals surface area contributed by atoms with Gasteiger partial charge in [-0.3, -0.25) is 19.5 Å². The first-order chi connectivity index (χ1) is 18.0. The molecule has 0 fully saturated rings. The highest BCUT2D eigenvalue weighted by atomic mass is 32.2. The van der Waals surface area contributed by atoms with Crippen molar-refractivity contribution in [2.45, 2.75) is 57.0 Å². The standard InChI is InChI=1S/C29H31N5O3S/c1-19-7-6-8-21(17-19)18-38-28-32-31-26(33(28)24-13-15-25(16-14-24)34(36)37)20(2)30-27(35)22-9-11-23(12-10-22)29(3,4)5/h6-17,20H,18H2,1-5H3,(H,30,35). The monoisotopic (exact) mass is 529 g/mol. The van der Waals surface area contributed by atoms with Gasteiger partial charge in [0.1, 0.15) is 0 Å². The molecule has 4 aromatic rings. The molecule has 1 N–H and O–H groups in total. The first-order valence-electron chi connectivity index (χ1n) is 12.3. The van der Waals surface area contributed by atoms with E-state index in [9.17, 15) is 14.9 Å². The van der Waals surface area contributed by atoms with E-state index in [4.69, 9.17) is 0 Å². The van der Waals surface area contributed by atoms with Crippen molar-refractivity contribution in [2.75, 3.05) is 0 Å². The first-order valence-corrected chi connectivity index (χ1v) is 13.3. The van der Waals surface area contributed by atoms with E-state index in [-0.39, 0.29) is 17.0 Å². The number of carbonyl (C=O) groups is 1. The Morgan fingerprint density at radius 1 is 1.05 bits per heavy atom. The predicted octanol–water partition coefficient (Wildman–Crippen LogP) is 6.56. The molecule has 38 heavy (non-hydrogen) atoms. The van der Waals surface area contributed by atoms with Crippen LogP contribution in [0.3, 0.4) is 0 Å². The van der Waals surface area contributed by atoms with Crippen LogP contribution in [0.4, 0.5) is 5.69 Å². The zero-order valence-corrected chi connectivity index (χ0v) is 23.0. The number of amides is 1. The molecule has 1 aromatic heterocycles. The summed E-state index contributed by atoms with van der Waals surface area (Å²) < 4.78 is 1.85. The molecule has 1 unspecified atom stereocenters. The molecule has 0 spiro atoms. The quantitative estimate of drug-likeness (QED) is 0.157. The van der Waals surface area contributed by atoms with Crippen LogP contribution in [0.1, 0.15) is 66.6 Å². The Morgan fingerprint density at radius 3 is 2.34 bits per heavy atom. The number of benzene rings is 3. The van der Waals surface area contributed by atoms with Gasteiger partial charge >= 0.3 is 0 Å². The van der Waals surface area contributed by atoms with Crippen LogP contribution in [-0.4, -0.2) is 25.6 Å². The SMILES string of the molecule is Cc1cccc(CSc2nnc(C(C)NC(=O)c3ccc(C(C)(C)C)cc3)n2-c2ccc([N+](=O)[O-])cc2)c1. The molecule has 0 bridgehead atoms. The summed E-state index contributed by atoms with van der Waals surface area (Å²) in [6, 6.07) is 21.6. The van der Waals surface area contributed by atoms with Gasteiger partial charge in [-0.05, 0) is 54.7 Å². The van der Waals surface area contributed by atoms with E-state index in [0.29, 0.717) is 28.0 Å². The number of carbonyl (C=O) groups excluding carboxylic acids is 1. The molecule has 0 saturated carbocycles. The Morgan fingerprint density at radius 2 is 1.74 bits per heavy atom. The fourth-order valence-electron chi connectivity index (χ4n) is 4.04. The molecule has 3 aromatic carbocycles. The molecule has 1 amide bonds. The summed E-state index contributed by atoms with van der Waals surface area (Å²) in [5.74, 6) is 0.989. The van der Waals surface area contributed by atoms with Gasteiger partial charge in [-0.15, -0.1) is 10.2 Å². The van der Waals surface area contributed by atoms with Crippen LogP contribution >= 0.6 is 11.8 Å². The number of aryl methyl sites for hydroxylation is 1. The van der Waals surface area contributed by atoms with Crippen molar-refractivity contribution in [3.63, 3.8) is 0 Å². The van der Waals surface area contributed by atoms with E-state index in [1.807, 2.05) is 54.8 Å². The first kappa shape index (κ1) is 27.1. The molecule has 196 valence electrons. The van der Waals surface area contributed by atoms with E-state index < -0.39 is 11.0 Å². The lowest BCUT2D eigenvalue weighted by Gasteiger charge is -2.19. The molecule has 4 rings (SSSR count). The van der Waals surface area contributed by atoms with Crippen molar-refractivity contribution in [1.82, 2.24) is 20.1 Å². The van der Waals surface area contributed by atoms with Gasteiger partial charge in [0.2, 0.25) is 0 Å². The maximum atomic E-state index is 13.1. The van der Waals surface area contributed by atoms with Crippen molar-refractivity contribution >= 4 is 23.4 Å². The van der Waals surface area contributed by atoms with Gasteiger partial charge in [0, 0.05) is 29.1 Å². The molecular formula is C29H31N5O3S. The molecule has 9 heteroatoms. The van der Waals surface area contributed by atoms with Crippen molar-refractivity contribution in [1.29, 1.82) is 0 Å². The highest BCUT2D eigenvalue weighted by Crippen LogP contribution is 2.29. The van der Waals surface area contributed by atoms with Gasteiger partial charge in [-0.25, -0.2) is 0 Å². The van der Waals surface area contributed by atoms with E-state index in [0.717, 1.165) is 11.1 Å². The fourth-order valence-corrected chi connectivity index (χ4v) is 4.94. The summed E-state index contributed by atoms with van der Waals surface area (Å²) in [5.41, 5.74) is 4.70. The van der Waals surface area contributed by atoms with Crippen molar-refractivity contribution in [2.24, 2.45) is 0 Å². The van der Waals surface area contributed by atoms with Crippen LogP contribution in [0.2, 0.25) is 0 Å². The average Bonchev–Trinajstić information content (AvgIpc) is 3.31. The highest BCUT2D eigenvalue weighted by molar-refractivity contribution is 7.98. The van der Waals surface area contributed by atoms with Gasteiger partial charge in [-0.1, -0.05) is 74.5 Å².